The van der Waals surface area contributed by atoms with Gasteiger partial charge in [-0.05, 0) is 57.0 Å². The van der Waals surface area contributed by atoms with Crippen LogP contribution in [0.25, 0.3) is 0 Å². The van der Waals surface area contributed by atoms with Gasteiger partial charge in [-0.3, -0.25) is 4.79 Å². The summed E-state index contributed by atoms with van der Waals surface area (Å²) in [6.45, 7) is 5.35. The van der Waals surface area contributed by atoms with E-state index in [0.29, 0.717) is 6.61 Å². The van der Waals surface area contributed by atoms with E-state index < -0.39 is 0 Å². The molecule has 1 aromatic rings. The second-order valence-electron chi connectivity index (χ2n) is 5.24. The Kier molecular flexibility index (Phi) is 5.86. The molecule has 1 fully saturated rings. The summed E-state index contributed by atoms with van der Waals surface area (Å²) in [7, 11) is 0. The van der Waals surface area contributed by atoms with Crippen molar-refractivity contribution in [2.75, 3.05) is 26.2 Å². The number of carbonyl (C=O) groups excluding carboxylic acids is 1. The van der Waals surface area contributed by atoms with Crippen molar-refractivity contribution in [3.63, 3.8) is 0 Å². The number of benzene rings is 1. The van der Waals surface area contributed by atoms with Gasteiger partial charge in [0.25, 0.3) is 0 Å². The lowest BCUT2D eigenvalue weighted by Gasteiger charge is -2.30. The Morgan fingerprint density at radius 2 is 1.95 bits per heavy atom. The van der Waals surface area contributed by atoms with Gasteiger partial charge in [-0.2, -0.15) is 0 Å². The lowest BCUT2D eigenvalue weighted by atomic mass is 9.96. The van der Waals surface area contributed by atoms with Gasteiger partial charge in [0.2, 0.25) is 0 Å². The molecule has 3 nitrogen and oxygen atoms in total. The maximum absolute atomic E-state index is 11.7. The minimum atomic E-state index is -0.0233. The molecular formula is C16H22ClNO2. The van der Waals surface area contributed by atoms with Crippen LogP contribution in [0.2, 0.25) is 5.02 Å². The van der Waals surface area contributed by atoms with Crippen LogP contribution >= 0.6 is 11.6 Å². The Morgan fingerprint density at radius 1 is 1.30 bits per heavy atom. The van der Waals surface area contributed by atoms with Gasteiger partial charge in [-0.25, -0.2) is 0 Å². The zero-order chi connectivity index (χ0) is 14.4. The van der Waals surface area contributed by atoms with Gasteiger partial charge in [-0.1, -0.05) is 23.7 Å². The fraction of sp³-hybridized carbons (Fsp3) is 0.562. The van der Waals surface area contributed by atoms with Crippen molar-refractivity contribution >= 4 is 17.6 Å². The first kappa shape index (κ1) is 15.3. The van der Waals surface area contributed by atoms with Crippen LogP contribution in [0, 0.1) is 5.92 Å². The molecule has 1 aliphatic rings. The number of ether oxygens (including phenoxy) is 1. The van der Waals surface area contributed by atoms with E-state index in [2.05, 4.69) is 17.0 Å². The fourth-order valence-electron chi connectivity index (χ4n) is 2.59. The minimum absolute atomic E-state index is 0.0233. The van der Waals surface area contributed by atoms with Crippen LogP contribution in [0.15, 0.2) is 24.3 Å². The smallest absolute Gasteiger partial charge is 0.309 e. The molecular weight excluding hydrogens is 274 g/mol. The van der Waals surface area contributed by atoms with Gasteiger partial charge in [0.1, 0.15) is 0 Å². The van der Waals surface area contributed by atoms with Crippen LogP contribution in [0.5, 0.6) is 0 Å². The van der Waals surface area contributed by atoms with Crippen molar-refractivity contribution in [2.45, 2.75) is 26.2 Å². The molecule has 20 heavy (non-hydrogen) atoms. The van der Waals surface area contributed by atoms with Gasteiger partial charge < -0.3 is 9.64 Å². The Bertz CT molecular complexity index is 425. The van der Waals surface area contributed by atoms with Gasteiger partial charge in [0.15, 0.2) is 0 Å². The van der Waals surface area contributed by atoms with E-state index in [1.807, 2.05) is 19.1 Å². The van der Waals surface area contributed by atoms with Crippen LogP contribution in [-0.2, 0) is 16.0 Å². The lowest BCUT2D eigenvalue weighted by molar-refractivity contribution is -0.149. The summed E-state index contributed by atoms with van der Waals surface area (Å²) < 4.78 is 5.09. The fourth-order valence-corrected chi connectivity index (χ4v) is 2.72. The van der Waals surface area contributed by atoms with E-state index in [1.165, 1.54) is 5.56 Å². The molecule has 0 saturated carbocycles. The molecule has 1 heterocycles. The van der Waals surface area contributed by atoms with Crippen LogP contribution in [0.4, 0.5) is 0 Å². The molecule has 4 heteroatoms. The van der Waals surface area contributed by atoms with Crippen LogP contribution in [0.3, 0.4) is 0 Å². The molecule has 0 unspecified atom stereocenters. The summed E-state index contributed by atoms with van der Waals surface area (Å²) >= 11 is 5.88. The van der Waals surface area contributed by atoms with E-state index >= 15 is 0 Å². The maximum Gasteiger partial charge on any atom is 0.309 e. The molecule has 1 aromatic carbocycles. The summed E-state index contributed by atoms with van der Waals surface area (Å²) in [5.41, 5.74) is 1.31. The standard InChI is InChI=1S/C16H22ClNO2/c1-2-20-16(19)14-8-11-18(12-9-14)10-7-13-3-5-15(17)6-4-13/h3-6,14H,2,7-12H2,1H3. The highest BCUT2D eigenvalue weighted by molar-refractivity contribution is 6.30. The van der Waals surface area contributed by atoms with Gasteiger partial charge in [0.05, 0.1) is 12.5 Å². The van der Waals surface area contributed by atoms with E-state index in [4.69, 9.17) is 16.3 Å². The van der Waals surface area contributed by atoms with E-state index in [9.17, 15) is 4.79 Å². The third kappa shape index (κ3) is 4.50. The normalized spacial score (nSPS) is 17.1. The molecule has 0 radical (unpaired) electrons. The molecule has 0 atom stereocenters. The molecule has 0 spiro atoms. The molecule has 1 saturated heterocycles. The van der Waals surface area contributed by atoms with E-state index in [0.717, 1.165) is 43.9 Å². The van der Waals surface area contributed by atoms with Crippen molar-refractivity contribution in [1.29, 1.82) is 0 Å². The van der Waals surface area contributed by atoms with Crippen LogP contribution in [0.1, 0.15) is 25.3 Å². The average molecular weight is 296 g/mol. The second kappa shape index (κ2) is 7.65. The molecule has 0 aromatic heterocycles. The quantitative estimate of drug-likeness (QED) is 0.782. The van der Waals surface area contributed by atoms with Crippen molar-refractivity contribution < 1.29 is 9.53 Å². The topological polar surface area (TPSA) is 29.5 Å². The van der Waals surface area contributed by atoms with Crippen LogP contribution < -0.4 is 0 Å². The van der Waals surface area contributed by atoms with Crippen molar-refractivity contribution in [2.24, 2.45) is 5.92 Å². The number of hydrogen-bond acceptors (Lipinski definition) is 3. The van der Waals surface area contributed by atoms with Crippen molar-refractivity contribution in [3.8, 4) is 0 Å². The summed E-state index contributed by atoms with van der Waals surface area (Å²) in [6.07, 6.45) is 2.86. The zero-order valence-corrected chi connectivity index (χ0v) is 12.7. The Balaban J connectivity index is 1.72. The van der Waals surface area contributed by atoms with Crippen LogP contribution in [-0.4, -0.2) is 37.1 Å². The summed E-state index contributed by atoms with van der Waals surface area (Å²) in [5.74, 6) is 0.0755. The molecule has 0 amide bonds. The van der Waals surface area contributed by atoms with Gasteiger partial charge >= 0.3 is 5.97 Å². The summed E-state index contributed by atoms with van der Waals surface area (Å²) in [5, 5.41) is 0.781. The highest BCUT2D eigenvalue weighted by Gasteiger charge is 2.25. The van der Waals surface area contributed by atoms with E-state index in [1.54, 1.807) is 0 Å². The minimum Gasteiger partial charge on any atom is -0.466 e. The molecule has 2 rings (SSSR count). The summed E-state index contributed by atoms with van der Waals surface area (Å²) in [4.78, 5) is 14.1. The van der Waals surface area contributed by atoms with Gasteiger partial charge in [-0.15, -0.1) is 0 Å². The van der Waals surface area contributed by atoms with E-state index in [-0.39, 0.29) is 11.9 Å². The Hall–Kier alpha value is -1.06. The lowest BCUT2D eigenvalue weighted by Crippen LogP contribution is -2.38. The molecule has 110 valence electrons. The predicted octanol–water partition coefficient (Wildman–Crippen LogP) is 3.16. The second-order valence-corrected chi connectivity index (χ2v) is 5.68. The third-order valence-corrected chi connectivity index (χ3v) is 4.09. The maximum atomic E-state index is 11.7. The molecule has 0 N–H and O–H groups in total. The number of rotatable bonds is 5. The van der Waals surface area contributed by atoms with Crippen molar-refractivity contribution in [3.05, 3.63) is 34.9 Å². The first-order valence-corrected chi connectivity index (χ1v) is 7.70. The molecule has 0 bridgehead atoms. The summed E-state index contributed by atoms with van der Waals surface area (Å²) in [6, 6.07) is 8.02. The number of esters is 1. The highest BCUT2D eigenvalue weighted by Crippen LogP contribution is 2.19. The van der Waals surface area contributed by atoms with Crippen molar-refractivity contribution in [1.82, 2.24) is 4.90 Å². The zero-order valence-electron chi connectivity index (χ0n) is 12.0. The Morgan fingerprint density at radius 3 is 2.55 bits per heavy atom. The number of nitrogens with zero attached hydrogens (tertiary/aromatic N) is 1. The highest BCUT2D eigenvalue weighted by atomic mass is 35.5. The number of halogens is 1. The van der Waals surface area contributed by atoms with Gasteiger partial charge in [0, 0.05) is 11.6 Å². The first-order valence-electron chi connectivity index (χ1n) is 7.32. The number of likely N-dealkylation sites (tertiary alicyclic amines) is 1. The Labute approximate surface area is 125 Å². The monoisotopic (exact) mass is 295 g/mol. The molecule has 0 aliphatic carbocycles. The number of piperidine rings is 1. The predicted molar refractivity (Wildman–Crippen MR) is 81.0 cm³/mol. The largest absolute Gasteiger partial charge is 0.466 e. The number of hydrogen-bond donors (Lipinski definition) is 0. The number of carbonyl (C=O) groups is 1. The SMILES string of the molecule is CCOC(=O)C1CCN(CCc2ccc(Cl)cc2)CC1. The average Bonchev–Trinajstić information content (AvgIpc) is 2.47. The molecule has 1 aliphatic heterocycles. The first-order chi connectivity index (χ1) is 9.69. The third-order valence-electron chi connectivity index (χ3n) is 3.84.